The van der Waals surface area contributed by atoms with Gasteiger partial charge in [0.2, 0.25) is 0 Å². The molecule has 2 rings (SSSR count). The zero-order chi connectivity index (χ0) is 11.9. The van der Waals surface area contributed by atoms with Crippen LogP contribution in [0.3, 0.4) is 0 Å². The molecule has 1 aromatic rings. The van der Waals surface area contributed by atoms with Crippen molar-refractivity contribution >= 4 is 5.69 Å². The van der Waals surface area contributed by atoms with Gasteiger partial charge in [0.1, 0.15) is 11.4 Å². The molecule has 1 aromatic heterocycles. The van der Waals surface area contributed by atoms with E-state index in [0.29, 0.717) is 23.7 Å². The number of aromatic nitrogens is 2. The molecule has 6 nitrogen and oxygen atoms in total. The van der Waals surface area contributed by atoms with Gasteiger partial charge >= 0.3 is 5.69 Å². The Kier molecular flexibility index (Phi) is 2.67. The molecule has 0 bridgehead atoms. The van der Waals surface area contributed by atoms with Crippen molar-refractivity contribution in [2.24, 2.45) is 18.7 Å². The zero-order valence-electron chi connectivity index (χ0n) is 9.51. The average molecular weight is 224 g/mol. The Morgan fingerprint density at radius 3 is 2.81 bits per heavy atom. The summed E-state index contributed by atoms with van der Waals surface area (Å²) in [7, 11) is 1.73. The first kappa shape index (κ1) is 11.1. The topological polar surface area (TPSA) is 87.0 Å². The Hall–Kier alpha value is -1.43. The van der Waals surface area contributed by atoms with Gasteiger partial charge in [0.25, 0.3) is 0 Å². The van der Waals surface area contributed by atoms with Crippen LogP contribution >= 0.6 is 0 Å². The van der Waals surface area contributed by atoms with Crippen molar-refractivity contribution < 1.29 is 4.92 Å². The smallest absolute Gasteiger partial charge is 0.313 e. The second-order valence-electron chi connectivity index (χ2n) is 4.47. The van der Waals surface area contributed by atoms with E-state index in [4.69, 9.17) is 5.73 Å². The zero-order valence-corrected chi connectivity index (χ0v) is 9.51. The van der Waals surface area contributed by atoms with E-state index < -0.39 is 0 Å². The first-order valence-corrected chi connectivity index (χ1v) is 5.43. The predicted molar refractivity (Wildman–Crippen MR) is 59.0 cm³/mol. The van der Waals surface area contributed by atoms with E-state index in [1.165, 1.54) is 0 Å². The van der Waals surface area contributed by atoms with Gasteiger partial charge < -0.3 is 5.73 Å². The molecule has 88 valence electrons. The van der Waals surface area contributed by atoms with E-state index in [9.17, 15) is 10.1 Å². The summed E-state index contributed by atoms with van der Waals surface area (Å²) < 4.78 is 1.58. The molecule has 1 heterocycles. The van der Waals surface area contributed by atoms with Crippen LogP contribution in [-0.2, 0) is 13.5 Å². The third kappa shape index (κ3) is 1.92. The molecule has 1 fully saturated rings. The Balaban J connectivity index is 2.27. The monoisotopic (exact) mass is 224 g/mol. The first-order valence-electron chi connectivity index (χ1n) is 5.43. The van der Waals surface area contributed by atoms with Crippen LogP contribution in [-0.4, -0.2) is 20.7 Å². The van der Waals surface area contributed by atoms with Gasteiger partial charge in [0.15, 0.2) is 0 Å². The maximum atomic E-state index is 10.9. The number of hydrogen-bond donors (Lipinski definition) is 1. The van der Waals surface area contributed by atoms with Gasteiger partial charge in [0.05, 0.1) is 4.92 Å². The highest BCUT2D eigenvalue weighted by Gasteiger charge is 2.32. The molecule has 0 radical (unpaired) electrons. The summed E-state index contributed by atoms with van der Waals surface area (Å²) >= 11 is 0. The standard InChI is InChI=1S/C10H16N4O2/c1-6-10(14(15)16)9(13(2)12-6)5-8(11)7-3-4-7/h7-8H,3-5,11H2,1-2H3. The van der Waals surface area contributed by atoms with Gasteiger partial charge in [-0.3, -0.25) is 14.8 Å². The van der Waals surface area contributed by atoms with Crippen molar-refractivity contribution in [1.82, 2.24) is 9.78 Å². The number of rotatable bonds is 4. The van der Waals surface area contributed by atoms with Crippen LogP contribution in [0, 0.1) is 23.0 Å². The number of aryl methyl sites for hydroxylation is 2. The van der Waals surface area contributed by atoms with Crippen molar-refractivity contribution in [1.29, 1.82) is 0 Å². The van der Waals surface area contributed by atoms with Crippen molar-refractivity contribution in [3.63, 3.8) is 0 Å². The fourth-order valence-electron chi connectivity index (χ4n) is 2.08. The summed E-state index contributed by atoms with van der Waals surface area (Å²) in [6, 6.07) is 0.0218. The lowest BCUT2D eigenvalue weighted by atomic mass is 10.1. The summed E-state index contributed by atoms with van der Waals surface area (Å²) in [5.41, 5.74) is 7.22. The molecule has 0 saturated heterocycles. The second kappa shape index (κ2) is 3.86. The van der Waals surface area contributed by atoms with Gasteiger partial charge in [-0.25, -0.2) is 0 Å². The van der Waals surface area contributed by atoms with Crippen molar-refractivity contribution in [2.45, 2.75) is 32.2 Å². The van der Waals surface area contributed by atoms with Crippen LogP contribution in [0.4, 0.5) is 5.69 Å². The second-order valence-corrected chi connectivity index (χ2v) is 4.47. The van der Waals surface area contributed by atoms with Crippen LogP contribution in [0.2, 0.25) is 0 Å². The molecule has 0 spiro atoms. The van der Waals surface area contributed by atoms with E-state index in [0.717, 1.165) is 12.8 Å². The lowest BCUT2D eigenvalue weighted by Crippen LogP contribution is -2.26. The summed E-state index contributed by atoms with van der Waals surface area (Å²) in [4.78, 5) is 10.6. The van der Waals surface area contributed by atoms with Crippen LogP contribution in [0.5, 0.6) is 0 Å². The largest absolute Gasteiger partial charge is 0.327 e. The minimum atomic E-state index is -0.364. The lowest BCUT2D eigenvalue weighted by molar-refractivity contribution is -0.386. The molecule has 0 aromatic carbocycles. The van der Waals surface area contributed by atoms with Gasteiger partial charge in [0, 0.05) is 19.5 Å². The molecule has 1 saturated carbocycles. The normalized spacial score (nSPS) is 17.4. The summed E-state index contributed by atoms with van der Waals surface area (Å²) in [5, 5.41) is 15.0. The third-order valence-electron chi connectivity index (χ3n) is 3.15. The maximum absolute atomic E-state index is 10.9. The van der Waals surface area contributed by atoms with Crippen LogP contribution in [0.15, 0.2) is 0 Å². The molecule has 6 heteroatoms. The highest BCUT2D eigenvalue weighted by molar-refractivity contribution is 5.41. The van der Waals surface area contributed by atoms with Crippen LogP contribution in [0.25, 0.3) is 0 Å². The minimum absolute atomic E-state index is 0.0218. The van der Waals surface area contributed by atoms with Gasteiger partial charge in [-0.2, -0.15) is 5.10 Å². The molecule has 0 aliphatic heterocycles. The molecule has 1 aliphatic rings. The molecule has 0 amide bonds. The van der Waals surface area contributed by atoms with Crippen molar-refractivity contribution in [3.05, 3.63) is 21.5 Å². The van der Waals surface area contributed by atoms with Crippen LogP contribution < -0.4 is 5.73 Å². The third-order valence-corrected chi connectivity index (χ3v) is 3.15. The molecule has 1 aliphatic carbocycles. The SMILES string of the molecule is Cc1nn(C)c(CC(N)C2CC2)c1[N+](=O)[O-]. The quantitative estimate of drug-likeness (QED) is 0.608. The van der Waals surface area contributed by atoms with Crippen molar-refractivity contribution in [2.75, 3.05) is 0 Å². The Bertz CT molecular complexity index is 423. The van der Waals surface area contributed by atoms with E-state index in [1.54, 1.807) is 18.7 Å². The highest BCUT2D eigenvalue weighted by Crippen LogP contribution is 2.34. The number of nitrogens with zero attached hydrogens (tertiary/aromatic N) is 3. The predicted octanol–water partition coefficient (Wildman–Crippen LogP) is 0.917. The van der Waals surface area contributed by atoms with Gasteiger partial charge in [-0.15, -0.1) is 0 Å². The van der Waals surface area contributed by atoms with E-state index in [-0.39, 0.29) is 16.7 Å². The fourth-order valence-corrected chi connectivity index (χ4v) is 2.08. The Labute approximate surface area is 93.6 Å². The van der Waals surface area contributed by atoms with E-state index in [1.807, 2.05) is 0 Å². The Morgan fingerprint density at radius 2 is 2.31 bits per heavy atom. The number of nitro groups is 1. The molecule has 1 unspecified atom stereocenters. The number of hydrogen-bond acceptors (Lipinski definition) is 4. The van der Waals surface area contributed by atoms with Crippen molar-refractivity contribution in [3.8, 4) is 0 Å². The first-order chi connectivity index (χ1) is 7.50. The molecular weight excluding hydrogens is 208 g/mol. The Morgan fingerprint density at radius 1 is 1.69 bits per heavy atom. The molecule has 16 heavy (non-hydrogen) atoms. The molecule has 2 N–H and O–H groups in total. The summed E-state index contributed by atoms with van der Waals surface area (Å²) in [6.07, 6.45) is 2.83. The fraction of sp³-hybridized carbons (Fsp3) is 0.700. The summed E-state index contributed by atoms with van der Waals surface area (Å²) in [6.45, 7) is 1.66. The highest BCUT2D eigenvalue weighted by atomic mass is 16.6. The number of nitrogens with two attached hydrogens (primary N) is 1. The average Bonchev–Trinajstić information content (AvgIpc) is 2.95. The molecule has 1 atom stereocenters. The minimum Gasteiger partial charge on any atom is -0.327 e. The van der Waals surface area contributed by atoms with E-state index in [2.05, 4.69) is 5.10 Å². The van der Waals surface area contributed by atoms with Gasteiger partial charge in [-0.05, 0) is 25.7 Å². The maximum Gasteiger partial charge on any atom is 0.313 e. The van der Waals surface area contributed by atoms with Crippen LogP contribution in [0.1, 0.15) is 24.2 Å². The van der Waals surface area contributed by atoms with E-state index >= 15 is 0 Å². The van der Waals surface area contributed by atoms with Gasteiger partial charge in [-0.1, -0.05) is 0 Å². The summed E-state index contributed by atoms with van der Waals surface area (Å²) in [5.74, 6) is 0.537. The molecular formula is C10H16N4O2. The lowest BCUT2D eigenvalue weighted by Gasteiger charge is -2.09.